The van der Waals surface area contributed by atoms with Crippen molar-refractivity contribution in [3.8, 4) is 0 Å². The van der Waals surface area contributed by atoms with Crippen LogP contribution in [0.1, 0.15) is 5.56 Å². The van der Waals surface area contributed by atoms with Crippen LogP contribution in [0.3, 0.4) is 0 Å². The van der Waals surface area contributed by atoms with Crippen molar-refractivity contribution in [2.24, 2.45) is 0 Å². The molecule has 0 saturated carbocycles. The molecule has 0 amide bonds. The van der Waals surface area contributed by atoms with E-state index in [1.807, 2.05) is 42.5 Å². The minimum absolute atomic E-state index is 0.218. The monoisotopic (exact) mass is 261 g/mol. The third kappa shape index (κ3) is 1.29. The van der Waals surface area contributed by atoms with E-state index in [1.54, 1.807) is 6.92 Å². The fraction of sp³-hybridized carbons (Fsp3) is 0.0588. The van der Waals surface area contributed by atoms with Crippen LogP contribution < -0.4 is 0 Å². The minimum Gasteiger partial charge on any atom is -0.258 e. The van der Waals surface area contributed by atoms with Crippen LogP contribution in [0.25, 0.3) is 32.3 Å². The highest BCUT2D eigenvalue weighted by molar-refractivity contribution is 6.24. The highest BCUT2D eigenvalue weighted by Gasteiger charge is 2.19. The molecule has 0 heterocycles. The molecule has 4 aromatic carbocycles. The quantitative estimate of drug-likeness (QED) is 0.280. The molecule has 0 radical (unpaired) electrons. The average molecular weight is 261 g/mol. The van der Waals surface area contributed by atoms with Gasteiger partial charge in [-0.2, -0.15) is 0 Å². The molecule has 0 aromatic heterocycles. The predicted octanol–water partition coefficient (Wildman–Crippen LogP) is 4.80. The molecule has 3 heteroatoms. The second kappa shape index (κ2) is 3.67. The van der Waals surface area contributed by atoms with E-state index in [-0.39, 0.29) is 10.6 Å². The molecule has 4 rings (SSSR count). The van der Waals surface area contributed by atoms with Crippen LogP contribution in [0.4, 0.5) is 5.69 Å². The standard InChI is InChI=1S/C17H11NO2/c1-10-9-13-6-5-11-3-2-4-12-7-8-14(16(13)15(11)12)17(10)18(19)20/h2-9H,1H3. The minimum atomic E-state index is -0.277. The summed E-state index contributed by atoms with van der Waals surface area (Å²) < 4.78 is 0. The maximum Gasteiger partial charge on any atom is 0.280 e. The molecule has 0 aliphatic carbocycles. The van der Waals surface area contributed by atoms with Crippen molar-refractivity contribution in [3.05, 3.63) is 64.2 Å². The maximum atomic E-state index is 11.4. The molecular formula is C17H11NO2. The first-order valence-corrected chi connectivity index (χ1v) is 6.48. The van der Waals surface area contributed by atoms with Crippen LogP contribution in [-0.4, -0.2) is 4.92 Å². The number of hydrogen-bond donors (Lipinski definition) is 0. The molecular weight excluding hydrogens is 250 g/mol. The maximum absolute atomic E-state index is 11.4. The Morgan fingerprint density at radius 1 is 0.900 bits per heavy atom. The summed E-state index contributed by atoms with van der Waals surface area (Å²) in [6.45, 7) is 1.80. The lowest BCUT2D eigenvalue weighted by Crippen LogP contribution is -1.95. The Morgan fingerprint density at radius 3 is 2.25 bits per heavy atom. The number of nitro groups is 1. The Hall–Kier alpha value is -2.68. The summed E-state index contributed by atoms with van der Waals surface area (Å²) in [7, 11) is 0. The van der Waals surface area contributed by atoms with Crippen LogP contribution >= 0.6 is 0 Å². The first-order chi connectivity index (χ1) is 9.66. The van der Waals surface area contributed by atoms with Gasteiger partial charge in [0.2, 0.25) is 0 Å². The second-order valence-electron chi connectivity index (χ2n) is 5.16. The molecule has 0 saturated heterocycles. The predicted molar refractivity (Wildman–Crippen MR) is 81.5 cm³/mol. The summed E-state index contributed by atoms with van der Waals surface area (Å²) in [6.07, 6.45) is 0. The number of benzene rings is 4. The number of nitro benzene ring substituents is 1. The number of hydrogen-bond acceptors (Lipinski definition) is 2. The summed E-state index contributed by atoms with van der Waals surface area (Å²) in [5.74, 6) is 0. The molecule has 0 spiro atoms. The lowest BCUT2D eigenvalue weighted by Gasteiger charge is -2.11. The van der Waals surface area contributed by atoms with E-state index >= 15 is 0 Å². The second-order valence-corrected chi connectivity index (χ2v) is 5.16. The summed E-state index contributed by atoms with van der Waals surface area (Å²) >= 11 is 0. The summed E-state index contributed by atoms with van der Waals surface area (Å²) in [5.41, 5.74) is 0.927. The van der Waals surface area contributed by atoms with E-state index in [2.05, 4.69) is 6.07 Å². The Kier molecular flexibility index (Phi) is 2.05. The Balaban J connectivity index is 2.39. The summed E-state index contributed by atoms with van der Waals surface area (Å²) in [6, 6.07) is 16.0. The van der Waals surface area contributed by atoms with Crippen molar-refractivity contribution in [2.75, 3.05) is 0 Å². The van der Waals surface area contributed by atoms with Crippen molar-refractivity contribution in [3.63, 3.8) is 0 Å². The molecule has 0 N–H and O–H groups in total. The zero-order chi connectivity index (χ0) is 13.9. The molecule has 0 fully saturated rings. The lowest BCUT2D eigenvalue weighted by atomic mass is 9.92. The Morgan fingerprint density at radius 2 is 1.55 bits per heavy atom. The van der Waals surface area contributed by atoms with Gasteiger partial charge in [-0.15, -0.1) is 0 Å². The largest absolute Gasteiger partial charge is 0.280 e. The number of nitrogens with zero attached hydrogens (tertiary/aromatic N) is 1. The van der Waals surface area contributed by atoms with Crippen molar-refractivity contribution in [2.45, 2.75) is 6.92 Å². The van der Waals surface area contributed by atoms with Crippen molar-refractivity contribution >= 4 is 38.0 Å². The smallest absolute Gasteiger partial charge is 0.258 e. The number of rotatable bonds is 1. The van der Waals surface area contributed by atoms with E-state index in [9.17, 15) is 10.1 Å². The van der Waals surface area contributed by atoms with Gasteiger partial charge in [-0.25, -0.2) is 0 Å². The van der Waals surface area contributed by atoms with E-state index in [4.69, 9.17) is 0 Å². The van der Waals surface area contributed by atoms with Crippen LogP contribution in [0, 0.1) is 17.0 Å². The first-order valence-electron chi connectivity index (χ1n) is 6.48. The lowest BCUT2D eigenvalue weighted by molar-refractivity contribution is -0.383. The average Bonchev–Trinajstić information content (AvgIpc) is 2.43. The highest BCUT2D eigenvalue weighted by Crippen LogP contribution is 2.39. The molecule has 4 aromatic rings. The van der Waals surface area contributed by atoms with Crippen LogP contribution in [-0.2, 0) is 0 Å². The van der Waals surface area contributed by atoms with Gasteiger partial charge >= 0.3 is 0 Å². The number of aryl methyl sites for hydroxylation is 1. The Bertz CT molecular complexity index is 973. The van der Waals surface area contributed by atoms with E-state index in [0.29, 0.717) is 5.56 Å². The van der Waals surface area contributed by atoms with Gasteiger partial charge < -0.3 is 0 Å². The van der Waals surface area contributed by atoms with Crippen molar-refractivity contribution in [1.29, 1.82) is 0 Å². The molecule has 0 unspecified atom stereocenters. The van der Waals surface area contributed by atoms with Gasteiger partial charge in [0, 0.05) is 10.9 Å². The van der Waals surface area contributed by atoms with Gasteiger partial charge in [0.05, 0.1) is 10.3 Å². The SMILES string of the molecule is Cc1cc2ccc3cccc4ccc(c1[N+](=O)[O-])c2c34. The first kappa shape index (κ1) is 11.2. The molecule has 0 atom stereocenters. The summed E-state index contributed by atoms with van der Waals surface area (Å²) in [4.78, 5) is 11.1. The molecule has 0 bridgehead atoms. The molecule has 20 heavy (non-hydrogen) atoms. The van der Waals surface area contributed by atoms with Gasteiger partial charge in [0.1, 0.15) is 0 Å². The summed E-state index contributed by atoms with van der Waals surface area (Å²) in [5, 5.41) is 17.5. The zero-order valence-electron chi connectivity index (χ0n) is 10.9. The third-order valence-corrected chi connectivity index (χ3v) is 3.99. The van der Waals surface area contributed by atoms with E-state index < -0.39 is 0 Å². The molecule has 0 aliphatic rings. The van der Waals surface area contributed by atoms with Crippen LogP contribution in [0.15, 0.2) is 48.5 Å². The van der Waals surface area contributed by atoms with Crippen LogP contribution in [0.2, 0.25) is 0 Å². The Labute approximate surface area is 114 Å². The van der Waals surface area contributed by atoms with Gasteiger partial charge in [-0.05, 0) is 40.6 Å². The fourth-order valence-corrected chi connectivity index (χ4v) is 3.18. The van der Waals surface area contributed by atoms with Gasteiger partial charge in [0.25, 0.3) is 5.69 Å². The van der Waals surface area contributed by atoms with Crippen molar-refractivity contribution in [1.82, 2.24) is 0 Å². The molecule has 0 aliphatic heterocycles. The van der Waals surface area contributed by atoms with Gasteiger partial charge in [0.15, 0.2) is 0 Å². The topological polar surface area (TPSA) is 43.1 Å². The van der Waals surface area contributed by atoms with Gasteiger partial charge in [-0.1, -0.05) is 36.4 Å². The normalized spacial score (nSPS) is 11.7. The van der Waals surface area contributed by atoms with E-state index in [1.165, 1.54) is 0 Å². The van der Waals surface area contributed by atoms with Gasteiger partial charge in [-0.3, -0.25) is 10.1 Å². The molecule has 96 valence electrons. The van der Waals surface area contributed by atoms with Crippen LogP contribution in [0.5, 0.6) is 0 Å². The zero-order valence-corrected chi connectivity index (χ0v) is 10.9. The molecule has 3 nitrogen and oxygen atoms in total. The highest BCUT2D eigenvalue weighted by atomic mass is 16.6. The fourth-order valence-electron chi connectivity index (χ4n) is 3.18. The third-order valence-electron chi connectivity index (χ3n) is 3.99. The van der Waals surface area contributed by atoms with E-state index in [0.717, 1.165) is 32.3 Å². The van der Waals surface area contributed by atoms with Crippen molar-refractivity contribution < 1.29 is 4.92 Å².